The Bertz CT molecular complexity index is 1500. The number of rotatable bonds is 11. The minimum absolute atomic E-state index is 0.0282. The lowest BCUT2D eigenvalue weighted by Crippen LogP contribution is -2.68. The van der Waals surface area contributed by atoms with Crippen LogP contribution < -0.4 is 5.32 Å². The summed E-state index contributed by atoms with van der Waals surface area (Å²) in [5.74, 6) is 0. The van der Waals surface area contributed by atoms with Gasteiger partial charge in [0.25, 0.3) is 0 Å². The Morgan fingerprint density at radius 1 is 0.736 bits per heavy atom. The molecule has 1 aromatic carbocycles. The molecule has 53 heavy (non-hydrogen) atoms. The van der Waals surface area contributed by atoms with E-state index in [-0.39, 0.29) is 5.57 Å². The molecule has 6 rings (SSSR count). The highest BCUT2D eigenvalue weighted by Gasteiger charge is 2.54. The molecule has 13 N–H and O–H groups in total. The highest BCUT2D eigenvalue weighted by atomic mass is 32.2. The second-order valence-electron chi connectivity index (χ2n) is 13.4. The summed E-state index contributed by atoms with van der Waals surface area (Å²) in [6.07, 6.45) is -24.0. The van der Waals surface area contributed by atoms with Crippen LogP contribution in [-0.4, -0.2) is 202 Å². The number of benzene rings is 1. The maximum Gasteiger partial charge on any atom is 0.187 e. The molecule has 298 valence electrons. The van der Waals surface area contributed by atoms with Gasteiger partial charge in [-0.2, -0.15) is 0 Å². The van der Waals surface area contributed by atoms with E-state index in [0.717, 1.165) is 22.0 Å². The van der Waals surface area contributed by atoms with E-state index in [0.29, 0.717) is 4.34 Å². The Balaban J connectivity index is 1.08. The van der Waals surface area contributed by atoms with Gasteiger partial charge in [-0.1, -0.05) is 30.0 Å². The fraction of sp³-hybridized carbons (Fsp3) is 0.719. The molecule has 4 heterocycles. The van der Waals surface area contributed by atoms with Gasteiger partial charge in [0.15, 0.2) is 16.9 Å². The van der Waals surface area contributed by atoms with E-state index in [9.17, 15) is 61.3 Å². The molecule has 0 spiro atoms. The molecule has 3 aliphatic heterocycles. The molecular formula is C32H46N2O17S2. The fourth-order valence-electron chi connectivity index (χ4n) is 6.90. The van der Waals surface area contributed by atoms with Crippen molar-refractivity contribution in [3.8, 4) is 0 Å². The van der Waals surface area contributed by atoms with E-state index in [4.69, 9.17) is 23.7 Å². The first-order valence-corrected chi connectivity index (χ1v) is 18.7. The van der Waals surface area contributed by atoms with Crippen molar-refractivity contribution < 1.29 is 85.0 Å². The monoisotopic (exact) mass is 794 g/mol. The van der Waals surface area contributed by atoms with Crippen LogP contribution in [0.5, 0.6) is 0 Å². The number of thiazole rings is 1. The van der Waals surface area contributed by atoms with Crippen LogP contribution in [0, 0.1) is 0 Å². The van der Waals surface area contributed by atoms with Crippen molar-refractivity contribution >= 4 is 33.3 Å². The van der Waals surface area contributed by atoms with E-state index in [2.05, 4.69) is 10.3 Å². The molecule has 0 saturated carbocycles. The first-order valence-electron chi connectivity index (χ1n) is 17.0. The van der Waals surface area contributed by atoms with Gasteiger partial charge in [0, 0.05) is 0 Å². The molecule has 19 nitrogen and oxygen atoms in total. The molecule has 1 aromatic heterocycles. The molecule has 4 aliphatic rings. The van der Waals surface area contributed by atoms with Gasteiger partial charge >= 0.3 is 0 Å². The van der Waals surface area contributed by atoms with Gasteiger partial charge in [-0.05, 0) is 24.6 Å². The number of thioether (sulfide) groups is 1. The Labute approximate surface area is 310 Å². The summed E-state index contributed by atoms with van der Waals surface area (Å²) in [4.78, 5) is 4.49. The lowest BCUT2D eigenvalue weighted by molar-refractivity contribution is -0.366. The van der Waals surface area contributed by atoms with E-state index in [1.54, 1.807) is 0 Å². The van der Waals surface area contributed by atoms with Crippen LogP contribution in [0.4, 0.5) is 0 Å². The quantitative estimate of drug-likeness (QED) is 0.0946. The Morgan fingerprint density at radius 2 is 1.34 bits per heavy atom. The average Bonchev–Trinajstić information content (AvgIpc) is 3.57. The number of hydrogen-bond acceptors (Lipinski definition) is 21. The summed E-state index contributed by atoms with van der Waals surface area (Å²) in [5, 5.41) is 130. The van der Waals surface area contributed by atoms with Crippen molar-refractivity contribution in [2.45, 2.75) is 127 Å². The molecule has 0 bridgehead atoms. The molecule has 21 heteroatoms. The zero-order chi connectivity index (χ0) is 38.3. The van der Waals surface area contributed by atoms with Crippen LogP contribution in [0.15, 0.2) is 40.3 Å². The van der Waals surface area contributed by atoms with Gasteiger partial charge in [0.05, 0.1) is 48.2 Å². The van der Waals surface area contributed by atoms with Crippen LogP contribution in [-0.2, 0) is 23.7 Å². The van der Waals surface area contributed by atoms with E-state index < -0.39 is 135 Å². The Hall–Kier alpha value is -1.52. The molecule has 1 aliphatic carbocycles. The van der Waals surface area contributed by atoms with Crippen LogP contribution in [0.2, 0.25) is 0 Å². The molecule has 19 unspecified atom stereocenters. The maximum absolute atomic E-state index is 11.1. The number of nitrogens with one attached hydrogen (secondary N) is 1. The summed E-state index contributed by atoms with van der Waals surface area (Å²) in [5.41, 5.74) is -0.301. The SMILES string of the molecule is CC1OC(OC2C(CO)OC(OC3C(CO)OC(Sc4nc5ccccc5s4)C(O)C3O)C(O)C2O)C(O)C(O)C1NC1C=C(CO)C(O)C(O)C1O. The summed E-state index contributed by atoms with van der Waals surface area (Å²) in [6, 6.07) is 5.22. The summed E-state index contributed by atoms with van der Waals surface area (Å²) in [7, 11) is 0. The summed E-state index contributed by atoms with van der Waals surface area (Å²) < 4.78 is 30.3. The molecule has 3 saturated heterocycles. The number of para-hydroxylation sites is 1. The van der Waals surface area contributed by atoms with E-state index in [1.165, 1.54) is 24.3 Å². The predicted octanol–water partition coefficient (Wildman–Crippen LogP) is -5.15. The van der Waals surface area contributed by atoms with Crippen molar-refractivity contribution in [1.29, 1.82) is 0 Å². The topological polar surface area (TPSA) is 314 Å². The first kappa shape index (κ1) is 41.1. The minimum atomic E-state index is -1.92. The van der Waals surface area contributed by atoms with Crippen LogP contribution in [0.1, 0.15) is 6.92 Å². The Morgan fingerprint density at radius 3 is 1.98 bits per heavy atom. The van der Waals surface area contributed by atoms with E-state index >= 15 is 0 Å². The second kappa shape index (κ2) is 17.3. The van der Waals surface area contributed by atoms with Gasteiger partial charge < -0.3 is 90.3 Å². The maximum atomic E-state index is 11.1. The van der Waals surface area contributed by atoms with Gasteiger partial charge in [-0.25, -0.2) is 4.98 Å². The number of hydrogen-bond donors (Lipinski definition) is 13. The normalized spacial score (nSPS) is 45.3. The fourth-order valence-corrected chi connectivity index (χ4v) is 9.19. The summed E-state index contributed by atoms with van der Waals surface area (Å²) in [6.45, 7) is -0.619. The molecule has 0 radical (unpaired) electrons. The summed E-state index contributed by atoms with van der Waals surface area (Å²) >= 11 is 2.39. The third-order valence-corrected chi connectivity index (χ3v) is 12.2. The predicted molar refractivity (Wildman–Crippen MR) is 181 cm³/mol. The lowest BCUT2D eigenvalue weighted by Gasteiger charge is -2.48. The van der Waals surface area contributed by atoms with Crippen molar-refractivity contribution in [1.82, 2.24) is 10.3 Å². The zero-order valence-electron chi connectivity index (χ0n) is 28.1. The second-order valence-corrected chi connectivity index (χ2v) is 15.8. The van der Waals surface area contributed by atoms with E-state index in [1.807, 2.05) is 24.3 Å². The number of fused-ring (bicyclic) bond motifs is 1. The van der Waals surface area contributed by atoms with Crippen LogP contribution in [0.25, 0.3) is 10.2 Å². The molecule has 19 atom stereocenters. The van der Waals surface area contributed by atoms with Gasteiger partial charge in [-0.3, -0.25) is 0 Å². The molecule has 3 fully saturated rings. The lowest BCUT2D eigenvalue weighted by atomic mass is 9.86. The standard InChI is InChI=1S/C32H46N2O17S2/c1-10-17(33-13-6-11(7-35)18(38)21(41)19(13)39)20(40)24(44)29(47-10)50-27-14(8-36)48-30(25(45)22(27)42)51-28-15(9-37)49-31(26(46)23(28)43)53-32-34-12-4-2-3-5-16(12)52-32/h2-6,10,13-15,17-31,33,35-46H,7-9H2,1H3. The Kier molecular flexibility index (Phi) is 13.4. The van der Waals surface area contributed by atoms with Gasteiger partial charge in [0.1, 0.15) is 84.8 Å². The molecule has 0 amide bonds. The zero-order valence-corrected chi connectivity index (χ0v) is 29.8. The third-order valence-electron chi connectivity index (χ3n) is 9.95. The first-order chi connectivity index (χ1) is 25.3. The average molecular weight is 795 g/mol. The highest BCUT2D eigenvalue weighted by Crippen LogP contribution is 2.39. The largest absolute Gasteiger partial charge is 0.394 e. The highest BCUT2D eigenvalue weighted by molar-refractivity contribution is 8.01. The molecular weight excluding hydrogens is 748 g/mol. The smallest absolute Gasteiger partial charge is 0.187 e. The van der Waals surface area contributed by atoms with Crippen molar-refractivity contribution in [3.05, 3.63) is 35.9 Å². The number of aliphatic hydroxyl groups is 12. The number of nitrogens with zero attached hydrogens (tertiary/aromatic N) is 1. The third kappa shape index (κ3) is 8.31. The van der Waals surface area contributed by atoms with Crippen molar-refractivity contribution in [2.75, 3.05) is 19.8 Å². The number of aliphatic hydroxyl groups excluding tert-OH is 12. The van der Waals surface area contributed by atoms with Crippen molar-refractivity contribution in [3.63, 3.8) is 0 Å². The van der Waals surface area contributed by atoms with Crippen LogP contribution >= 0.6 is 23.1 Å². The number of ether oxygens (including phenoxy) is 5. The molecule has 2 aromatic rings. The minimum Gasteiger partial charge on any atom is -0.394 e. The van der Waals surface area contributed by atoms with Gasteiger partial charge in [0.2, 0.25) is 0 Å². The van der Waals surface area contributed by atoms with Gasteiger partial charge in [-0.15, -0.1) is 11.3 Å². The van der Waals surface area contributed by atoms with Crippen molar-refractivity contribution in [2.24, 2.45) is 0 Å². The van der Waals surface area contributed by atoms with Crippen LogP contribution in [0.3, 0.4) is 0 Å². The number of aromatic nitrogens is 1.